The number of nitrogens with zero attached hydrogens (tertiary/aromatic N) is 1. The third kappa shape index (κ3) is 6.23. The van der Waals surface area contributed by atoms with E-state index < -0.39 is 0 Å². The Morgan fingerprint density at radius 3 is 2.30 bits per heavy atom. The highest BCUT2D eigenvalue weighted by molar-refractivity contribution is 5.21. The molecule has 0 aliphatic rings. The topological polar surface area (TPSA) is 31.2 Å². The van der Waals surface area contributed by atoms with Gasteiger partial charge in [0.15, 0.2) is 0 Å². The van der Waals surface area contributed by atoms with E-state index in [0.717, 1.165) is 5.56 Å². The number of benzene rings is 1. The first-order valence-corrected chi connectivity index (χ1v) is 7.12. The number of rotatable bonds is 3. The van der Waals surface area contributed by atoms with E-state index in [4.69, 9.17) is 4.84 Å². The number of aromatic nitrogens is 1. The van der Waals surface area contributed by atoms with E-state index in [1.165, 1.54) is 16.4 Å². The van der Waals surface area contributed by atoms with Crippen molar-refractivity contribution in [3.05, 3.63) is 70.1 Å². The van der Waals surface area contributed by atoms with Crippen molar-refractivity contribution < 1.29 is 4.84 Å². The molecule has 1 aromatic heterocycles. The molecular weight excluding hydrogens is 250 g/mol. The molecule has 0 saturated carbocycles. The fourth-order valence-corrected chi connectivity index (χ4v) is 1.47. The van der Waals surface area contributed by atoms with Crippen LogP contribution in [0.2, 0.25) is 0 Å². The second kappa shape index (κ2) is 10.9. The van der Waals surface area contributed by atoms with E-state index in [1.807, 2.05) is 58.9 Å². The van der Waals surface area contributed by atoms with Gasteiger partial charge in [-0.3, -0.25) is 4.79 Å². The molecule has 0 amide bonds. The zero-order chi connectivity index (χ0) is 15.4. The van der Waals surface area contributed by atoms with Crippen molar-refractivity contribution in [3.8, 4) is 0 Å². The molecule has 0 saturated heterocycles. The van der Waals surface area contributed by atoms with Crippen LogP contribution in [0.5, 0.6) is 0 Å². The van der Waals surface area contributed by atoms with Crippen molar-refractivity contribution in [3.63, 3.8) is 0 Å². The summed E-state index contributed by atoms with van der Waals surface area (Å²) in [6.45, 7) is 10.4. The van der Waals surface area contributed by atoms with Crippen molar-refractivity contribution in [1.29, 1.82) is 0 Å². The lowest BCUT2D eigenvalue weighted by Crippen LogP contribution is -2.24. The van der Waals surface area contributed by atoms with Crippen LogP contribution in [0.1, 0.15) is 38.8 Å². The summed E-state index contributed by atoms with van der Waals surface area (Å²) in [6.07, 6.45) is 1.61. The fraction of sp³-hybridized carbons (Fsp3) is 0.353. The summed E-state index contributed by atoms with van der Waals surface area (Å²) in [4.78, 5) is 16.7. The highest BCUT2D eigenvalue weighted by atomic mass is 16.7. The molecule has 3 nitrogen and oxygen atoms in total. The van der Waals surface area contributed by atoms with Crippen LogP contribution in [0.3, 0.4) is 0 Å². The normalized spacial score (nSPS) is 8.65. The van der Waals surface area contributed by atoms with Crippen molar-refractivity contribution >= 4 is 0 Å². The highest BCUT2D eigenvalue weighted by Crippen LogP contribution is 2.03. The molecule has 0 bridgehead atoms. The number of hydrogen-bond acceptors (Lipinski definition) is 2. The van der Waals surface area contributed by atoms with Crippen LogP contribution in [0.15, 0.2) is 53.5 Å². The van der Waals surface area contributed by atoms with Gasteiger partial charge in [-0.1, -0.05) is 63.6 Å². The Hall–Kier alpha value is -2.03. The molecule has 0 radical (unpaired) electrons. The average molecular weight is 275 g/mol. The molecule has 0 aliphatic heterocycles. The molecular formula is C17H25NO2. The predicted octanol–water partition coefficient (Wildman–Crippen LogP) is 3.84. The lowest BCUT2D eigenvalue weighted by atomic mass is 10.1. The lowest BCUT2D eigenvalue weighted by molar-refractivity contribution is 0.0891. The Morgan fingerprint density at radius 1 is 1.00 bits per heavy atom. The maximum Gasteiger partial charge on any atom is 0.282 e. The SMILES string of the molecule is CC.CC.Cc1cccc(COn2ccccc2=O)c1. The first-order valence-electron chi connectivity index (χ1n) is 7.12. The molecule has 0 fully saturated rings. The molecule has 0 atom stereocenters. The van der Waals surface area contributed by atoms with Crippen LogP contribution in [0, 0.1) is 6.92 Å². The van der Waals surface area contributed by atoms with Crippen LogP contribution >= 0.6 is 0 Å². The molecule has 1 heterocycles. The molecule has 0 unspecified atom stereocenters. The van der Waals surface area contributed by atoms with Crippen LogP contribution < -0.4 is 10.4 Å². The smallest absolute Gasteiger partial charge is 0.282 e. The van der Waals surface area contributed by atoms with Crippen LogP contribution in [-0.2, 0) is 6.61 Å². The Kier molecular flexibility index (Phi) is 9.75. The summed E-state index contributed by atoms with van der Waals surface area (Å²) >= 11 is 0. The zero-order valence-electron chi connectivity index (χ0n) is 13.1. The maximum atomic E-state index is 11.3. The summed E-state index contributed by atoms with van der Waals surface area (Å²) in [7, 11) is 0. The van der Waals surface area contributed by atoms with Gasteiger partial charge in [0.1, 0.15) is 6.61 Å². The minimum atomic E-state index is -0.157. The average Bonchev–Trinajstić information content (AvgIpc) is 2.51. The molecule has 2 rings (SSSR count). The maximum absolute atomic E-state index is 11.3. The van der Waals surface area contributed by atoms with Gasteiger partial charge in [0.25, 0.3) is 5.56 Å². The first kappa shape index (κ1) is 18.0. The Balaban J connectivity index is 0.000000829. The van der Waals surface area contributed by atoms with Gasteiger partial charge in [-0.05, 0) is 18.6 Å². The standard InChI is InChI=1S/C13H13NO2.2C2H6/c1-11-5-4-6-12(9-11)10-16-14-8-3-2-7-13(14)15;2*1-2/h2-9H,10H2,1H3;2*1-2H3. The van der Waals surface area contributed by atoms with E-state index in [2.05, 4.69) is 0 Å². The minimum absolute atomic E-state index is 0.157. The van der Waals surface area contributed by atoms with Gasteiger partial charge in [-0.15, -0.1) is 0 Å². The lowest BCUT2D eigenvalue weighted by Gasteiger charge is -2.07. The Bertz CT molecular complexity index is 532. The third-order valence-electron chi connectivity index (χ3n) is 2.24. The number of hydrogen-bond donors (Lipinski definition) is 0. The summed E-state index contributed by atoms with van der Waals surface area (Å²) < 4.78 is 1.24. The summed E-state index contributed by atoms with van der Waals surface area (Å²) in [5.41, 5.74) is 2.08. The van der Waals surface area contributed by atoms with Crippen molar-refractivity contribution in [2.24, 2.45) is 0 Å². The summed E-state index contributed by atoms with van der Waals surface area (Å²) in [5.74, 6) is 0. The zero-order valence-corrected chi connectivity index (χ0v) is 13.1. The van der Waals surface area contributed by atoms with E-state index >= 15 is 0 Å². The molecule has 0 spiro atoms. The monoisotopic (exact) mass is 275 g/mol. The number of pyridine rings is 1. The second-order valence-corrected chi connectivity index (χ2v) is 3.63. The van der Waals surface area contributed by atoms with Crippen LogP contribution in [-0.4, -0.2) is 4.73 Å². The van der Waals surface area contributed by atoms with Gasteiger partial charge in [-0.2, -0.15) is 4.73 Å². The molecule has 2 aromatic rings. The predicted molar refractivity (Wildman–Crippen MR) is 84.9 cm³/mol. The summed E-state index contributed by atoms with van der Waals surface area (Å²) in [5, 5.41) is 0. The van der Waals surface area contributed by atoms with Crippen LogP contribution in [0.25, 0.3) is 0 Å². The largest absolute Gasteiger partial charge is 0.406 e. The van der Waals surface area contributed by atoms with Gasteiger partial charge >= 0.3 is 0 Å². The first-order chi connectivity index (χ1) is 9.75. The van der Waals surface area contributed by atoms with E-state index in [-0.39, 0.29) is 5.56 Å². The molecule has 3 heteroatoms. The molecule has 0 N–H and O–H groups in total. The van der Waals surface area contributed by atoms with Crippen molar-refractivity contribution in [2.75, 3.05) is 0 Å². The van der Waals surface area contributed by atoms with Crippen molar-refractivity contribution in [2.45, 2.75) is 41.2 Å². The van der Waals surface area contributed by atoms with Gasteiger partial charge in [0, 0.05) is 12.3 Å². The van der Waals surface area contributed by atoms with Gasteiger partial charge in [0.05, 0.1) is 0 Å². The minimum Gasteiger partial charge on any atom is -0.406 e. The molecule has 20 heavy (non-hydrogen) atoms. The molecule has 1 aromatic carbocycles. The second-order valence-electron chi connectivity index (χ2n) is 3.63. The number of aryl methyl sites for hydroxylation is 1. The highest BCUT2D eigenvalue weighted by Gasteiger charge is 1.96. The fourth-order valence-electron chi connectivity index (χ4n) is 1.47. The van der Waals surface area contributed by atoms with Gasteiger partial charge in [0.2, 0.25) is 0 Å². The molecule has 110 valence electrons. The van der Waals surface area contributed by atoms with Crippen LogP contribution in [0.4, 0.5) is 0 Å². The van der Waals surface area contributed by atoms with Gasteiger partial charge < -0.3 is 4.84 Å². The summed E-state index contributed by atoms with van der Waals surface area (Å²) in [6, 6.07) is 12.9. The quantitative estimate of drug-likeness (QED) is 0.852. The van der Waals surface area contributed by atoms with E-state index in [0.29, 0.717) is 6.61 Å². The van der Waals surface area contributed by atoms with E-state index in [1.54, 1.807) is 18.3 Å². The van der Waals surface area contributed by atoms with Gasteiger partial charge in [-0.25, -0.2) is 0 Å². The Labute approximate surface area is 121 Å². The third-order valence-corrected chi connectivity index (χ3v) is 2.24. The molecule has 0 aliphatic carbocycles. The Morgan fingerprint density at radius 2 is 1.70 bits per heavy atom. The van der Waals surface area contributed by atoms with Crippen molar-refractivity contribution in [1.82, 2.24) is 4.73 Å². The van der Waals surface area contributed by atoms with E-state index in [9.17, 15) is 4.79 Å².